The van der Waals surface area contributed by atoms with Crippen molar-refractivity contribution < 1.29 is 0 Å². The van der Waals surface area contributed by atoms with E-state index in [0.717, 1.165) is 24.4 Å². The molecule has 18 heavy (non-hydrogen) atoms. The number of imidazole rings is 1. The predicted molar refractivity (Wildman–Crippen MR) is 77.8 cm³/mol. The topological polar surface area (TPSA) is 43.8 Å². The Balaban J connectivity index is 2.27. The minimum Gasteiger partial charge on any atom is -0.389 e. The second-order valence-electron chi connectivity index (χ2n) is 4.33. The molecule has 1 heterocycles. The molecule has 2 N–H and O–H groups in total. The van der Waals surface area contributed by atoms with E-state index in [9.17, 15) is 0 Å². The largest absolute Gasteiger partial charge is 0.389 e. The number of nitrogens with zero attached hydrogens (tertiary/aromatic N) is 2. The highest BCUT2D eigenvalue weighted by Gasteiger charge is 2.05. The summed E-state index contributed by atoms with van der Waals surface area (Å²) in [5.74, 6) is 1.10. The molecule has 1 aromatic heterocycles. The quantitative estimate of drug-likeness (QED) is 0.858. The van der Waals surface area contributed by atoms with Crippen LogP contribution in [0.3, 0.4) is 0 Å². The third-order valence-corrected chi connectivity index (χ3v) is 3.32. The molecule has 1 aromatic carbocycles. The normalized spacial score (nSPS) is 10.6. The van der Waals surface area contributed by atoms with Gasteiger partial charge in [0.05, 0.1) is 0 Å². The lowest BCUT2D eigenvalue weighted by atomic mass is 10.0. The van der Waals surface area contributed by atoms with Crippen LogP contribution >= 0.6 is 12.2 Å². The van der Waals surface area contributed by atoms with Crippen LogP contribution in [0.15, 0.2) is 30.6 Å². The molecule has 0 aliphatic carbocycles. The summed E-state index contributed by atoms with van der Waals surface area (Å²) in [6.45, 7) is 5.04. The Morgan fingerprint density at radius 3 is 2.83 bits per heavy atom. The molecule has 0 radical (unpaired) electrons. The van der Waals surface area contributed by atoms with Gasteiger partial charge in [0, 0.05) is 30.9 Å². The number of aryl methyl sites for hydroxylation is 2. The fourth-order valence-electron chi connectivity index (χ4n) is 2.01. The summed E-state index contributed by atoms with van der Waals surface area (Å²) >= 11 is 4.98. The van der Waals surface area contributed by atoms with E-state index < -0.39 is 0 Å². The Labute approximate surface area is 113 Å². The summed E-state index contributed by atoms with van der Waals surface area (Å²) in [5.41, 5.74) is 9.03. The zero-order valence-electron chi connectivity index (χ0n) is 10.7. The second-order valence-corrected chi connectivity index (χ2v) is 4.77. The van der Waals surface area contributed by atoms with Crippen molar-refractivity contribution in [3.63, 3.8) is 0 Å². The van der Waals surface area contributed by atoms with Crippen molar-refractivity contribution in [2.24, 2.45) is 5.73 Å². The average molecular weight is 259 g/mol. The SMILES string of the molecule is CCc1nccn1Cc1ccc(C(N)=S)cc1C. The Morgan fingerprint density at radius 1 is 1.44 bits per heavy atom. The van der Waals surface area contributed by atoms with Crippen LogP contribution < -0.4 is 5.73 Å². The highest BCUT2D eigenvalue weighted by Crippen LogP contribution is 2.14. The number of benzene rings is 1. The Morgan fingerprint density at radius 2 is 2.22 bits per heavy atom. The summed E-state index contributed by atoms with van der Waals surface area (Å²) in [6, 6.07) is 6.11. The molecule has 0 amide bonds. The first-order chi connectivity index (χ1) is 8.61. The summed E-state index contributed by atoms with van der Waals surface area (Å²) in [6.07, 6.45) is 4.80. The van der Waals surface area contributed by atoms with Crippen LogP contribution in [-0.4, -0.2) is 14.5 Å². The smallest absolute Gasteiger partial charge is 0.108 e. The zero-order valence-corrected chi connectivity index (χ0v) is 11.5. The molecule has 2 rings (SSSR count). The van der Waals surface area contributed by atoms with Crippen molar-refractivity contribution in [1.29, 1.82) is 0 Å². The Kier molecular flexibility index (Phi) is 3.77. The van der Waals surface area contributed by atoms with Crippen LogP contribution in [0.1, 0.15) is 29.4 Å². The average Bonchev–Trinajstić information content (AvgIpc) is 2.78. The fraction of sp³-hybridized carbons (Fsp3) is 0.286. The number of hydrogen-bond acceptors (Lipinski definition) is 2. The molecule has 0 unspecified atom stereocenters. The van der Waals surface area contributed by atoms with E-state index in [1.54, 1.807) is 0 Å². The van der Waals surface area contributed by atoms with E-state index in [1.165, 1.54) is 11.1 Å². The molecule has 0 fully saturated rings. The van der Waals surface area contributed by atoms with Gasteiger partial charge in [-0.25, -0.2) is 4.98 Å². The molecule has 2 aromatic rings. The molecule has 4 heteroatoms. The molecule has 94 valence electrons. The molecule has 0 saturated heterocycles. The highest BCUT2D eigenvalue weighted by atomic mass is 32.1. The van der Waals surface area contributed by atoms with Crippen LogP contribution in [0.2, 0.25) is 0 Å². The summed E-state index contributed by atoms with van der Waals surface area (Å²) in [4.78, 5) is 4.77. The van der Waals surface area contributed by atoms with Gasteiger partial charge in [-0.2, -0.15) is 0 Å². The van der Waals surface area contributed by atoms with E-state index in [4.69, 9.17) is 18.0 Å². The third-order valence-electron chi connectivity index (χ3n) is 3.09. The predicted octanol–water partition coefficient (Wildman–Crippen LogP) is 2.44. The molecule has 3 nitrogen and oxygen atoms in total. The maximum atomic E-state index is 5.63. The van der Waals surface area contributed by atoms with Crippen LogP contribution in [0, 0.1) is 6.92 Å². The second kappa shape index (κ2) is 5.31. The summed E-state index contributed by atoms with van der Waals surface area (Å²) < 4.78 is 2.17. The number of rotatable bonds is 4. The molecular weight excluding hydrogens is 242 g/mol. The molecule has 0 saturated carbocycles. The number of nitrogens with two attached hydrogens (primary N) is 1. The molecule has 0 aliphatic heterocycles. The monoisotopic (exact) mass is 259 g/mol. The lowest BCUT2D eigenvalue weighted by molar-refractivity contribution is 0.729. The van der Waals surface area contributed by atoms with Gasteiger partial charge in [-0.05, 0) is 24.1 Å². The molecule has 0 bridgehead atoms. The fourth-order valence-corrected chi connectivity index (χ4v) is 2.14. The van der Waals surface area contributed by atoms with Crippen LogP contribution in [0.25, 0.3) is 0 Å². The van der Waals surface area contributed by atoms with E-state index >= 15 is 0 Å². The maximum absolute atomic E-state index is 5.63. The molecule has 0 atom stereocenters. The third kappa shape index (κ3) is 2.59. The van der Waals surface area contributed by atoms with E-state index in [0.29, 0.717) is 4.99 Å². The standard InChI is InChI=1S/C14H17N3S/c1-3-13-16-6-7-17(13)9-12-5-4-11(14(15)18)8-10(12)2/h4-8H,3,9H2,1-2H3,(H2,15,18). The van der Waals surface area contributed by atoms with Gasteiger partial charge in [0.15, 0.2) is 0 Å². The van der Waals surface area contributed by atoms with Gasteiger partial charge in [0.25, 0.3) is 0 Å². The summed E-state index contributed by atoms with van der Waals surface area (Å²) in [5, 5.41) is 0. The van der Waals surface area contributed by atoms with Crippen molar-refractivity contribution >= 4 is 17.2 Å². The first kappa shape index (κ1) is 12.8. The molecular formula is C14H17N3S. The van der Waals surface area contributed by atoms with Gasteiger partial charge >= 0.3 is 0 Å². The Bertz CT molecular complexity index is 572. The van der Waals surface area contributed by atoms with Crippen molar-refractivity contribution in [1.82, 2.24) is 9.55 Å². The molecule has 0 spiro atoms. The zero-order chi connectivity index (χ0) is 13.1. The van der Waals surface area contributed by atoms with E-state index in [2.05, 4.69) is 29.5 Å². The number of hydrogen-bond donors (Lipinski definition) is 1. The van der Waals surface area contributed by atoms with Gasteiger partial charge in [0.1, 0.15) is 10.8 Å². The molecule has 0 aliphatic rings. The van der Waals surface area contributed by atoms with E-state index in [1.807, 2.05) is 24.5 Å². The van der Waals surface area contributed by atoms with Gasteiger partial charge in [-0.1, -0.05) is 31.3 Å². The first-order valence-electron chi connectivity index (χ1n) is 6.01. The van der Waals surface area contributed by atoms with Crippen molar-refractivity contribution in [2.75, 3.05) is 0 Å². The highest BCUT2D eigenvalue weighted by molar-refractivity contribution is 7.80. The van der Waals surface area contributed by atoms with Gasteiger partial charge in [0.2, 0.25) is 0 Å². The number of thiocarbonyl (C=S) groups is 1. The van der Waals surface area contributed by atoms with E-state index in [-0.39, 0.29) is 0 Å². The van der Waals surface area contributed by atoms with Crippen molar-refractivity contribution in [2.45, 2.75) is 26.8 Å². The van der Waals surface area contributed by atoms with Gasteiger partial charge in [-0.15, -0.1) is 0 Å². The van der Waals surface area contributed by atoms with Crippen LogP contribution in [0.5, 0.6) is 0 Å². The van der Waals surface area contributed by atoms with Crippen molar-refractivity contribution in [3.8, 4) is 0 Å². The lowest BCUT2D eigenvalue weighted by Gasteiger charge is -2.10. The first-order valence-corrected chi connectivity index (χ1v) is 6.42. The van der Waals surface area contributed by atoms with Crippen molar-refractivity contribution in [3.05, 3.63) is 53.1 Å². The lowest BCUT2D eigenvalue weighted by Crippen LogP contribution is -2.11. The minimum absolute atomic E-state index is 0.446. The number of aromatic nitrogens is 2. The maximum Gasteiger partial charge on any atom is 0.108 e. The van der Waals surface area contributed by atoms with Crippen LogP contribution in [0.4, 0.5) is 0 Å². The van der Waals surface area contributed by atoms with Gasteiger partial charge < -0.3 is 10.3 Å². The van der Waals surface area contributed by atoms with Gasteiger partial charge in [-0.3, -0.25) is 0 Å². The Hall–Kier alpha value is -1.68. The van der Waals surface area contributed by atoms with Crippen LogP contribution in [-0.2, 0) is 13.0 Å². The minimum atomic E-state index is 0.446. The summed E-state index contributed by atoms with van der Waals surface area (Å²) in [7, 11) is 0.